The normalized spacial score (nSPS) is 10.3. The van der Waals surface area contributed by atoms with E-state index in [0.717, 1.165) is 11.1 Å². The van der Waals surface area contributed by atoms with Crippen LogP contribution in [0.3, 0.4) is 0 Å². The Morgan fingerprint density at radius 1 is 1.22 bits per heavy atom. The molecule has 0 atom stereocenters. The molecule has 0 spiro atoms. The molecule has 0 aliphatic carbocycles. The Morgan fingerprint density at radius 3 is 2.61 bits per heavy atom. The molecule has 5 heteroatoms. The molecule has 0 heterocycles. The van der Waals surface area contributed by atoms with Gasteiger partial charge in [0, 0.05) is 12.2 Å². The number of nitrogens with one attached hydrogen (secondary N) is 1. The van der Waals surface area contributed by atoms with Gasteiger partial charge >= 0.3 is 0 Å². The second-order valence-corrected chi connectivity index (χ2v) is 5.38. The van der Waals surface area contributed by atoms with E-state index in [4.69, 9.17) is 5.26 Å². The summed E-state index contributed by atoms with van der Waals surface area (Å²) in [7, 11) is 1.81. The molecule has 0 aliphatic heterocycles. The summed E-state index contributed by atoms with van der Waals surface area (Å²) >= 11 is 0. The number of nitrogens with zero attached hydrogens (tertiary/aromatic N) is 2. The zero-order valence-electron chi connectivity index (χ0n) is 12.9. The number of amides is 1. The van der Waals surface area contributed by atoms with Gasteiger partial charge in [0.2, 0.25) is 5.91 Å². The Bertz CT molecular complexity index is 707. The van der Waals surface area contributed by atoms with Gasteiger partial charge in [0.25, 0.3) is 0 Å². The predicted molar refractivity (Wildman–Crippen MR) is 87.1 cm³/mol. The van der Waals surface area contributed by atoms with Crippen molar-refractivity contribution in [1.29, 1.82) is 5.26 Å². The van der Waals surface area contributed by atoms with Gasteiger partial charge in [0.15, 0.2) is 0 Å². The fourth-order valence-corrected chi connectivity index (χ4v) is 2.25. The number of nitriles is 1. The van der Waals surface area contributed by atoms with E-state index in [1.807, 2.05) is 23.1 Å². The summed E-state index contributed by atoms with van der Waals surface area (Å²) < 4.78 is 13.1. The minimum absolute atomic E-state index is 0.142. The van der Waals surface area contributed by atoms with Gasteiger partial charge in [0.05, 0.1) is 19.0 Å². The van der Waals surface area contributed by atoms with Crippen molar-refractivity contribution < 1.29 is 9.18 Å². The average molecular weight is 311 g/mol. The molecule has 2 aromatic rings. The molecule has 0 saturated heterocycles. The number of carbonyl (C=O) groups is 1. The van der Waals surface area contributed by atoms with Gasteiger partial charge in [-0.1, -0.05) is 24.3 Å². The maximum absolute atomic E-state index is 13.1. The maximum Gasteiger partial charge on any atom is 0.238 e. The van der Waals surface area contributed by atoms with E-state index in [2.05, 4.69) is 11.4 Å². The van der Waals surface area contributed by atoms with Crippen LogP contribution in [0.5, 0.6) is 0 Å². The third-order valence-electron chi connectivity index (χ3n) is 3.28. The van der Waals surface area contributed by atoms with Gasteiger partial charge in [-0.25, -0.2) is 4.39 Å². The fraction of sp³-hybridized carbons (Fsp3) is 0.222. The summed E-state index contributed by atoms with van der Waals surface area (Å²) in [6, 6.07) is 15.6. The zero-order chi connectivity index (χ0) is 16.7. The number of halogens is 1. The van der Waals surface area contributed by atoms with Crippen molar-refractivity contribution in [2.24, 2.45) is 0 Å². The topological polar surface area (TPSA) is 56.1 Å². The number of benzene rings is 2. The molecule has 0 fully saturated rings. The Labute approximate surface area is 135 Å². The molecule has 0 saturated carbocycles. The van der Waals surface area contributed by atoms with Crippen molar-refractivity contribution in [3.05, 3.63) is 65.5 Å². The first-order valence-electron chi connectivity index (χ1n) is 7.25. The van der Waals surface area contributed by atoms with Crippen LogP contribution in [0.15, 0.2) is 48.5 Å². The Balaban J connectivity index is 1.85. The van der Waals surface area contributed by atoms with E-state index in [1.165, 1.54) is 12.1 Å². The molecule has 1 amide bonds. The molecule has 4 nitrogen and oxygen atoms in total. The van der Waals surface area contributed by atoms with Crippen molar-refractivity contribution in [3.8, 4) is 6.07 Å². The summed E-state index contributed by atoms with van der Waals surface area (Å²) in [5, 5.41) is 11.4. The van der Waals surface area contributed by atoms with Crippen molar-refractivity contribution in [1.82, 2.24) is 4.90 Å². The first kappa shape index (κ1) is 16.7. The van der Waals surface area contributed by atoms with Crippen molar-refractivity contribution in [2.75, 3.05) is 18.9 Å². The van der Waals surface area contributed by atoms with Crippen LogP contribution in [0.4, 0.5) is 10.1 Å². The van der Waals surface area contributed by atoms with Gasteiger partial charge in [-0.05, 0) is 42.4 Å². The van der Waals surface area contributed by atoms with E-state index >= 15 is 0 Å². The highest BCUT2D eigenvalue weighted by Gasteiger charge is 2.08. The molecule has 1 N–H and O–H groups in total. The number of likely N-dealkylation sites (N-methyl/N-ethyl adjacent to an activating group) is 1. The van der Waals surface area contributed by atoms with Crippen LogP contribution in [0.1, 0.15) is 11.1 Å². The quantitative estimate of drug-likeness (QED) is 0.892. The summed E-state index contributed by atoms with van der Waals surface area (Å²) in [6.45, 7) is 0.697. The molecule has 0 bridgehead atoms. The Morgan fingerprint density at radius 2 is 1.96 bits per heavy atom. The van der Waals surface area contributed by atoms with Crippen LogP contribution >= 0.6 is 0 Å². The molecule has 118 valence electrons. The second-order valence-electron chi connectivity index (χ2n) is 5.38. The number of hydrogen-bond donors (Lipinski definition) is 1. The first-order valence-corrected chi connectivity index (χ1v) is 7.25. The lowest BCUT2D eigenvalue weighted by Crippen LogP contribution is -2.29. The Kier molecular flexibility index (Phi) is 5.84. The molecule has 0 unspecified atom stereocenters. The molecular formula is C18H18FN3O. The third-order valence-corrected chi connectivity index (χ3v) is 3.28. The highest BCUT2D eigenvalue weighted by molar-refractivity contribution is 5.92. The summed E-state index contributed by atoms with van der Waals surface area (Å²) in [6.07, 6.45) is 0.352. The molecular weight excluding hydrogens is 293 g/mol. The molecule has 2 aromatic carbocycles. The number of hydrogen-bond acceptors (Lipinski definition) is 3. The molecule has 23 heavy (non-hydrogen) atoms. The lowest BCUT2D eigenvalue weighted by Gasteiger charge is -2.16. The first-order chi connectivity index (χ1) is 11.1. The Hall–Kier alpha value is -2.71. The van der Waals surface area contributed by atoms with E-state index in [0.29, 0.717) is 18.7 Å². The van der Waals surface area contributed by atoms with Crippen molar-refractivity contribution in [3.63, 3.8) is 0 Å². The smallest absolute Gasteiger partial charge is 0.238 e. The van der Waals surface area contributed by atoms with Crippen molar-refractivity contribution >= 4 is 11.6 Å². The van der Waals surface area contributed by atoms with Gasteiger partial charge in [-0.15, -0.1) is 0 Å². The monoisotopic (exact) mass is 311 g/mol. The number of carbonyl (C=O) groups excluding carboxylic acids is 1. The summed E-state index contributed by atoms with van der Waals surface area (Å²) in [5.74, 6) is -0.422. The molecule has 0 aromatic heterocycles. The van der Waals surface area contributed by atoms with Crippen LogP contribution in [0.2, 0.25) is 0 Å². The number of rotatable bonds is 6. The number of anilines is 1. The second kappa shape index (κ2) is 8.06. The van der Waals surface area contributed by atoms with Crippen molar-refractivity contribution in [2.45, 2.75) is 13.0 Å². The highest BCUT2D eigenvalue weighted by atomic mass is 19.1. The van der Waals surface area contributed by atoms with Crippen LogP contribution in [0, 0.1) is 17.1 Å². The third kappa shape index (κ3) is 5.53. The molecule has 0 radical (unpaired) electrons. The zero-order valence-corrected chi connectivity index (χ0v) is 12.9. The standard InChI is InChI=1S/C18H18FN3O/c1-22(12-15-3-2-4-16(19)11-15)13-18(23)21-17-7-5-14(6-8-17)9-10-20/h2-8,11H,9,12-13H2,1H3,(H,21,23). The van der Waals surface area contributed by atoms with Gasteiger partial charge < -0.3 is 5.32 Å². The van der Waals surface area contributed by atoms with Crippen LogP contribution in [0.25, 0.3) is 0 Å². The predicted octanol–water partition coefficient (Wildman–Crippen LogP) is 2.96. The van der Waals surface area contributed by atoms with E-state index < -0.39 is 0 Å². The minimum atomic E-state index is -0.280. The lowest BCUT2D eigenvalue weighted by atomic mass is 10.1. The van der Waals surface area contributed by atoms with Crippen LogP contribution in [-0.2, 0) is 17.8 Å². The van der Waals surface area contributed by atoms with Crippen LogP contribution in [-0.4, -0.2) is 24.4 Å². The average Bonchev–Trinajstić information content (AvgIpc) is 2.49. The van der Waals surface area contributed by atoms with Crippen LogP contribution < -0.4 is 5.32 Å². The van der Waals surface area contributed by atoms with Gasteiger partial charge in [-0.2, -0.15) is 5.26 Å². The molecule has 0 aliphatic rings. The summed E-state index contributed by atoms with van der Waals surface area (Å²) in [4.78, 5) is 13.8. The highest BCUT2D eigenvalue weighted by Crippen LogP contribution is 2.10. The SMILES string of the molecule is CN(CC(=O)Nc1ccc(CC#N)cc1)Cc1cccc(F)c1. The largest absolute Gasteiger partial charge is 0.325 e. The fourth-order valence-electron chi connectivity index (χ4n) is 2.25. The molecule has 2 rings (SSSR count). The van der Waals surface area contributed by atoms with E-state index in [1.54, 1.807) is 25.2 Å². The van der Waals surface area contributed by atoms with Gasteiger partial charge in [0.1, 0.15) is 5.82 Å². The summed E-state index contributed by atoms with van der Waals surface area (Å²) in [5.41, 5.74) is 2.42. The lowest BCUT2D eigenvalue weighted by molar-refractivity contribution is -0.117. The van der Waals surface area contributed by atoms with E-state index in [9.17, 15) is 9.18 Å². The van der Waals surface area contributed by atoms with Gasteiger partial charge in [-0.3, -0.25) is 9.69 Å². The minimum Gasteiger partial charge on any atom is -0.325 e. The maximum atomic E-state index is 13.1. The van der Waals surface area contributed by atoms with E-state index in [-0.39, 0.29) is 18.3 Å².